The number of imidazole rings is 1. The number of aromatic amines is 1. The Morgan fingerprint density at radius 1 is 1.21 bits per heavy atom. The van der Waals surface area contributed by atoms with E-state index in [1.54, 1.807) is 13.1 Å². The Kier molecular flexibility index (Phi) is 2.63. The van der Waals surface area contributed by atoms with Gasteiger partial charge < -0.3 is 9.51 Å². The van der Waals surface area contributed by atoms with Crippen LogP contribution in [0.2, 0.25) is 0 Å². The van der Waals surface area contributed by atoms with Crippen LogP contribution in [-0.4, -0.2) is 15.1 Å². The number of rotatable bonds is 2. The van der Waals surface area contributed by atoms with E-state index >= 15 is 0 Å². The van der Waals surface area contributed by atoms with Crippen molar-refractivity contribution in [1.82, 2.24) is 15.1 Å². The summed E-state index contributed by atoms with van der Waals surface area (Å²) in [6.07, 6.45) is 3.14. The number of nitrogens with zero attached hydrogens (tertiary/aromatic N) is 2. The van der Waals surface area contributed by atoms with Crippen molar-refractivity contribution in [2.45, 2.75) is 6.92 Å². The Morgan fingerprint density at radius 2 is 2.05 bits per heavy atom. The Bertz CT molecular complexity index is 720. The van der Waals surface area contributed by atoms with E-state index in [1.165, 1.54) is 12.4 Å². The molecule has 0 fully saturated rings. The van der Waals surface area contributed by atoms with E-state index in [1.807, 2.05) is 0 Å². The van der Waals surface area contributed by atoms with Crippen LogP contribution in [0.3, 0.4) is 0 Å². The Labute approximate surface area is 107 Å². The van der Waals surface area contributed by atoms with Crippen LogP contribution in [0.4, 0.5) is 8.78 Å². The lowest BCUT2D eigenvalue weighted by Crippen LogP contribution is -1.88. The first-order valence-electron chi connectivity index (χ1n) is 5.57. The average Bonchev–Trinajstić information content (AvgIpc) is 3.01. The first kappa shape index (κ1) is 11.6. The second kappa shape index (κ2) is 4.31. The number of benzene rings is 1. The summed E-state index contributed by atoms with van der Waals surface area (Å²) in [6, 6.07) is 3.60. The molecule has 0 aliphatic rings. The molecule has 1 N–H and O–H groups in total. The van der Waals surface area contributed by atoms with Crippen LogP contribution in [0.25, 0.3) is 22.5 Å². The zero-order valence-electron chi connectivity index (χ0n) is 9.95. The van der Waals surface area contributed by atoms with Gasteiger partial charge in [0.05, 0.1) is 23.8 Å². The largest absolute Gasteiger partial charge is 0.360 e. The summed E-state index contributed by atoms with van der Waals surface area (Å²) in [7, 11) is 0. The fourth-order valence-electron chi connectivity index (χ4n) is 1.92. The lowest BCUT2D eigenvalue weighted by molar-refractivity contribution is 0.400. The molecular weight excluding hydrogens is 252 g/mol. The predicted molar refractivity (Wildman–Crippen MR) is 64.2 cm³/mol. The summed E-state index contributed by atoms with van der Waals surface area (Å²) < 4.78 is 31.4. The van der Waals surface area contributed by atoms with Gasteiger partial charge in [-0.1, -0.05) is 5.16 Å². The highest BCUT2D eigenvalue weighted by Gasteiger charge is 2.18. The molecular formula is C13H9F2N3O. The summed E-state index contributed by atoms with van der Waals surface area (Å²) in [5, 5.41) is 3.90. The highest BCUT2D eigenvalue weighted by molar-refractivity contribution is 5.79. The van der Waals surface area contributed by atoms with Gasteiger partial charge in [0.25, 0.3) is 0 Å². The van der Waals surface area contributed by atoms with Gasteiger partial charge in [-0.25, -0.2) is 13.8 Å². The molecule has 19 heavy (non-hydrogen) atoms. The molecule has 0 atom stereocenters. The molecule has 0 spiro atoms. The van der Waals surface area contributed by atoms with Gasteiger partial charge in [0.1, 0.15) is 11.5 Å². The maximum absolute atomic E-state index is 13.3. The van der Waals surface area contributed by atoms with Crippen molar-refractivity contribution in [2.75, 3.05) is 0 Å². The van der Waals surface area contributed by atoms with E-state index in [4.69, 9.17) is 4.52 Å². The maximum atomic E-state index is 13.3. The second-order valence-electron chi connectivity index (χ2n) is 4.06. The summed E-state index contributed by atoms with van der Waals surface area (Å²) in [5.74, 6) is -1.25. The van der Waals surface area contributed by atoms with E-state index in [9.17, 15) is 8.78 Å². The fraction of sp³-hybridized carbons (Fsp3) is 0.0769. The van der Waals surface area contributed by atoms with Gasteiger partial charge in [0.15, 0.2) is 11.6 Å². The molecule has 3 aromatic rings. The molecule has 0 saturated carbocycles. The molecule has 96 valence electrons. The summed E-state index contributed by atoms with van der Waals surface area (Å²) in [5.41, 5.74) is 2.28. The highest BCUT2D eigenvalue weighted by Crippen LogP contribution is 2.33. The van der Waals surface area contributed by atoms with Gasteiger partial charge in [-0.15, -0.1) is 0 Å². The van der Waals surface area contributed by atoms with Crippen molar-refractivity contribution in [2.24, 2.45) is 0 Å². The smallest absolute Gasteiger partial charge is 0.159 e. The number of hydrogen-bond acceptors (Lipinski definition) is 3. The zero-order valence-corrected chi connectivity index (χ0v) is 9.95. The van der Waals surface area contributed by atoms with Crippen molar-refractivity contribution in [3.8, 4) is 22.5 Å². The number of aromatic nitrogens is 3. The van der Waals surface area contributed by atoms with Crippen LogP contribution < -0.4 is 0 Å². The van der Waals surface area contributed by atoms with E-state index in [2.05, 4.69) is 15.1 Å². The van der Waals surface area contributed by atoms with Crippen LogP contribution in [0.15, 0.2) is 35.2 Å². The summed E-state index contributed by atoms with van der Waals surface area (Å²) >= 11 is 0. The van der Waals surface area contributed by atoms with Gasteiger partial charge in [-0.05, 0) is 25.1 Å². The van der Waals surface area contributed by atoms with Crippen molar-refractivity contribution in [3.05, 3.63) is 48.1 Å². The number of nitrogens with one attached hydrogen (secondary N) is 1. The van der Waals surface area contributed by atoms with Crippen LogP contribution in [0.1, 0.15) is 5.76 Å². The molecule has 0 amide bonds. The molecule has 0 saturated heterocycles. The van der Waals surface area contributed by atoms with Crippen LogP contribution in [0, 0.1) is 18.6 Å². The minimum Gasteiger partial charge on any atom is -0.360 e. The molecule has 3 rings (SSSR count). The molecule has 0 radical (unpaired) electrons. The van der Waals surface area contributed by atoms with Crippen molar-refractivity contribution >= 4 is 0 Å². The van der Waals surface area contributed by atoms with Gasteiger partial charge in [-0.3, -0.25) is 0 Å². The summed E-state index contributed by atoms with van der Waals surface area (Å²) in [4.78, 5) is 6.86. The Balaban J connectivity index is 2.18. The zero-order chi connectivity index (χ0) is 13.4. The monoisotopic (exact) mass is 261 g/mol. The van der Waals surface area contributed by atoms with Crippen molar-refractivity contribution < 1.29 is 13.3 Å². The molecule has 0 bridgehead atoms. The van der Waals surface area contributed by atoms with Gasteiger partial charge in [0.2, 0.25) is 0 Å². The maximum Gasteiger partial charge on any atom is 0.159 e. The molecule has 1 aromatic carbocycles. The Morgan fingerprint density at radius 3 is 2.74 bits per heavy atom. The normalized spacial score (nSPS) is 10.9. The molecule has 0 aliphatic heterocycles. The second-order valence-corrected chi connectivity index (χ2v) is 4.06. The quantitative estimate of drug-likeness (QED) is 0.769. The molecule has 4 nitrogen and oxygen atoms in total. The molecule has 0 aliphatic carbocycles. The van der Waals surface area contributed by atoms with Crippen LogP contribution >= 0.6 is 0 Å². The van der Waals surface area contributed by atoms with Gasteiger partial charge in [0, 0.05) is 5.56 Å². The number of hydrogen-bond donors (Lipinski definition) is 1. The molecule has 2 aromatic heterocycles. The third-order valence-corrected chi connectivity index (χ3v) is 2.82. The van der Waals surface area contributed by atoms with E-state index in [0.717, 1.165) is 12.1 Å². The summed E-state index contributed by atoms with van der Waals surface area (Å²) in [6.45, 7) is 1.74. The lowest BCUT2D eigenvalue weighted by Gasteiger charge is -2.01. The fourth-order valence-corrected chi connectivity index (χ4v) is 1.92. The van der Waals surface area contributed by atoms with E-state index in [0.29, 0.717) is 28.3 Å². The van der Waals surface area contributed by atoms with Gasteiger partial charge >= 0.3 is 0 Å². The predicted octanol–water partition coefficient (Wildman–Crippen LogP) is 3.32. The van der Waals surface area contributed by atoms with E-state index < -0.39 is 11.6 Å². The van der Waals surface area contributed by atoms with E-state index in [-0.39, 0.29) is 0 Å². The van der Waals surface area contributed by atoms with Gasteiger partial charge in [-0.2, -0.15) is 0 Å². The van der Waals surface area contributed by atoms with Crippen molar-refractivity contribution in [3.63, 3.8) is 0 Å². The number of aryl methyl sites for hydroxylation is 1. The lowest BCUT2D eigenvalue weighted by atomic mass is 10.0. The van der Waals surface area contributed by atoms with Crippen molar-refractivity contribution in [1.29, 1.82) is 0 Å². The third kappa shape index (κ3) is 1.91. The number of H-pyrrole nitrogens is 1. The average molecular weight is 261 g/mol. The molecule has 0 unspecified atom stereocenters. The highest BCUT2D eigenvalue weighted by atomic mass is 19.2. The minimum absolute atomic E-state index is 0.445. The standard InChI is InChI=1S/C13H9F2N3O/c1-7-12(11-5-16-6-17-11)13(18-19-7)8-2-3-9(14)10(15)4-8/h2-6H,1H3,(H,16,17). The molecule has 6 heteroatoms. The molecule has 2 heterocycles. The number of halogens is 2. The van der Waals surface area contributed by atoms with Crippen LogP contribution in [0.5, 0.6) is 0 Å². The third-order valence-electron chi connectivity index (χ3n) is 2.82. The first-order valence-corrected chi connectivity index (χ1v) is 5.57. The topological polar surface area (TPSA) is 54.7 Å². The van der Waals surface area contributed by atoms with Crippen LogP contribution in [-0.2, 0) is 0 Å². The first-order chi connectivity index (χ1) is 9.16. The SMILES string of the molecule is Cc1onc(-c2ccc(F)c(F)c2)c1-c1cnc[nH]1. The Hall–Kier alpha value is -2.50. The minimum atomic E-state index is -0.922.